The fraction of sp³-hybridized carbons (Fsp3) is 0.250. The van der Waals surface area contributed by atoms with Crippen molar-refractivity contribution in [1.29, 1.82) is 0 Å². The summed E-state index contributed by atoms with van der Waals surface area (Å²) in [7, 11) is 2.98. The zero-order valence-electron chi connectivity index (χ0n) is 14.1. The number of fused-ring (bicyclic) bond motifs is 1. The van der Waals surface area contributed by atoms with Crippen molar-refractivity contribution in [2.45, 2.75) is 13.8 Å². The molecule has 3 rings (SSSR count). The van der Waals surface area contributed by atoms with Gasteiger partial charge in [-0.3, -0.25) is 4.79 Å². The van der Waals surface area contributed by atoms with Gasteiger partial charge in [-0.1, -0.05) is 11.6 Å². The highest BCUT2D eigenvalue weighted by molar-refractivity contribution is 6.32. The highest BCUT2D eigenvalue weighted by Gasteiger charge is 2.18. The number of ether oxygens (including phenoxy) is 2. The number of nitrogens with one attached hydrogen (secondary N) is 1. The number of benzene rings is 1. The second-order valence-electron chi connectivity index (χ2n) is 5.33. The van der Waals surface area contributed by atoms with Crippen molar-refractivity contribution in [3.8, 4) is 11.5 Å². The minimum absolute atomic E-state index is 0.00445. The number of nitrogens with zero attached hydrogens (tertiary/aromatic N) is 4. The summed E-state index contributed by atoms with van der Waals surface area (Å²) in [4.78, 5) is 20.9. The Kier molecular flexibility index (Phi) is 4.45. The molecule has 0 spiro atoms. The Hall–Kier alpha value is -2.87. The Bertz CT molecular complexity index is 970. The lowest BCUT2D eigenvalue weighted by Crippen LogP contribution is -2.15. The van der Waals surface area contributed by atoms with Gasteiger partial charge in [-0.15, -0.1) is 5.10 Å². The predicted octanol–water partition coefficient (Wildman–Crippen LogP) is 2.66. The molecule has 1 N–H and O–H groups in total. The third-order valence-electron chi connectivity index (χ3n) is 3.54. The molecule has 9 heteroatoms. The molecule has 0 aliphatic rings. The number of halogens is 1. The van der Waals surface area contributed by atoms with Crippen molar-refractivity contribution in [2.75, 3.05) is 19.5 Å². The first kappa shape index (κ1) is 17.0. The van der Waals surface area contributed by atoms with Crippen LogP contribution in [0.4, 0.5) is 5.69 Å². The average Bonchev–Trinajstić information content (AvgIpc) is 2.99. The van der Waals surface area contributed by atoms with Crippen LogP contribution >= 0.6 is 11.6 Å². The molecule has 0 aliphatic heterocycles. The molecule has 130 valence electrons. The van der Waals surface area contributed by atoms with Crippen LogP contribution in [-0.2, 0) is 0 Å². The summed E-state index contributed by atoms with van der Waals surface area (Å²) in [5.74, 6) is 0.709. The highest BCUT2D eigenvalue weighted by atomic mass is 35.5. The number of hydrogen-bond donors (Lipinski definition) is 1. The number of methoxy groups -OCH3 is 2. The van der Waals surface area contributed by atoms with E-state index in [0.717, 1.165) is 11.4 Å². The molecule has 1 aromatic carbocycles. The SMILES string of the molecule is COc1cc(OC)c(NC(=O)c2nc3nc(C)cc(C)n3n2)cc1Cl. The van der Waals surface area contributed by atoms with Crippen LogP contribution in [0.1, 0.15) is 22.0 Å². The number of carbonyl (C=O) groups excluding carboxylic acids is 1. The summed E-state index contributed by atoms with van der Waals surface area (Å²) in [6.07, 6.45) is 0. The second-order valence-corrected chi connectivity index (χ2v) is 5.73. The monoisotopic (exact) mass is 361 g/mol. The minimum Gasteiger partial charge on any atom is -0.495 e. The fourth-order valence-corrected chi connectivity index (χ4v) is 2.64. The summed E-state index contributed by atoms with van der Waals surface area (Å²) in [6.45, 7) is 3.72. The number of hydrogen-bond acceptors (Lipinski definition) is 6. The van der Waals surface area contributed by atoms with Crippen LogP contribution < -0.4 is 14.8 Å². The van der Waals surface area contributed by atoms with E-state index in [1.165, 1.54) is 18.7 Å². The van der Waals surface area contributed by atoms with Gasteiger partial charge in [-0.05, 0) is 26.0 Å². The molecule has 3 aromatic rings. The molecule has 0 radical (unpaired) electrons. The van der Waals surface area contributed by atoms with Crippen LogP contribution in [0.2, 0.25) is 5.02 Å². The molecule has 0 bridgehead atoms. The van der Waals surface area contributed by atoms with Gasteiger partial charge in [-0.2, -0.15) is 4.98 Å². The topological polar surface area (TPSA) is 90.6 Å². The molecule has 0 fully saturated rings. The summed E-state index contributed by atoms with van der Waals surface area (Å²) in [6, 6.07) is 4.99. The Labute approximate surface area is 148 Å². The molecule has 25 heavy (non-hydrogen) atoms. The number of amides is 1. The van der Waals surface area contributed by atoms with E-state index < -0.39 is 5.91 Å². The van der Waals surface area contributed by atoms with Crippen molar-refractivity contribution in [3.63, 3.8) is 0 Å². The maximum Gasteiger partial charge on any atom is 0.295 e. The van der Waals surface area contributed by atoms with Gasteiger partial charge < -0.3 is 14.8 Å². The van der Waals surface area contributed by atoms with E-state index in [4.69, 9.17) is 21.1 Å². The fourth-order valence-electron chi connectivity index (χ4n) is 2.40. The van der Waals surface area contributed by atoms with E-state index in [0.29, 0.717) is 28.0 Å². The number of aromatic nitrogens is 4. The van der Waals surface area contributed by atoms with Crippen LogP contribution in [0.25, 0.3) is 5.78 Å². The smallest absolute Gasteiger partial charge is 0.295 e. The van der Waals surface area contributed by atoms with Gasteiger partial charge in [0.05, 0.1) is 24.9 Å². The summed E-state index contributed by atoms with van der Waals surface area (Å²) in [5.41, 5.74) is 2.02. The third kappa shape index (κ3) is 3.20. The lowest BCUT2D eigenvalue weighted by atomic mass is 10.2. The molecule has 0 unspecified atom stereocenters. The molecule has 0 saturated carbocycles. The van der Waals surface area contributed by atoms with E-state index in [1.807, 2.05) is 19.9 Å². The standard InChI is InChI=1S/C16H16ClN5O3/c1-8-5-9(2)22-16(18-8)20-14(21-22)15(23)19-11-6-10(17)12(24-3)7-13(11)25-4/h5-7H,1-4H3,(H,19,23). The lowest BCUT2D eigenvalue weighted by molar-refractivity contribution is 0.101. The van der Waals surface area contributed by atoms with Crippen molar-refractivity contribution in [2.24, 2.45) is 0 Å². The Morgan fingerprint density at radius 2 is 1.84 bits per heavy atom. The zero-order valence-corrected chi connectivity index (χ0v) is 14.9. The predicted molar refractivity (Wildman–Crippen MR) is 92.8 cm³/mol. The van der Waals surface area contributed by atoms with Crippen LogP contribution in [0.3, 0.4) is 0 Å². The van der Waals surface area contributed by atoms with E-state index >= 15 is 0 Å². The maximum atomic E-state index is 12.5. The van der Waals surface area contributed by atoms with E-state index in [1.54, 1.807) is 12.1 Å². The maximum absolute atomic E-state index is 12.5. The lowest BCUT2D eigenvalue weighted by Gasteiger charge is -2.12. The van der Waals surface area contributed by atoms with Crippen LogP contribution in [0, 0.1) is 13.8 Å². The first-order valence-electron chi connectivity index (χ1n) is 7.37. The van der Waals surface area contributed by atoms with Gasteiger partial charge in [0.2, 0.25) is 5.82 Å². The quantitative estimate of drug-likeness (QED) is 0.768. The zero-order chi connectivity index (χ0) is 18.1. The molecule has 2 heterocycles. The Balaban J connectivity index is 1.95. The second kappa shape index (κ2) is 6.56. The number of carbonyl (C=O) groups is 1. The van der Waals surface area contributed by atoms with Crippen LogP contribution in [0.15, 0.2) is 18.2 Å². The molecule has 0 atom stereocenters. The molecule has 1 amide bonds. The van der Waals surface area contributed by atoms with Gasteiger partial charge in [0.1, 0.15) is 11.5 Å². The minimum atomic E-state index is -0.498. The molecule has 2 aromatic heterocycles. The Morgan fingerprint density at radius 3 is 2.52 bits per heavy atom. The molecular formula is C16H16ClN5O3. The number of aryl methyl sites for hydroxylation is 2. The molecule has 8 nitrogen and oxygen atoms in total. The molecule has 0 aliphatic carbocycles. The summed E-state index contributed by atoms with van der Waals surface area (Å²) >= 11 is 6.11. The first-order chi connectivity index (χ1) is 11.9. The number of anilines is 1. The molecular weight excluding hydrogens is 346 g/mol. The van der Waals surface area contributed by atoms with E-state index in [-0.39, 0.29) is 5.82 Å². The van der Waals surface area contributed by atoms with Crippen molar-refractivity contribution in [1.82, 2.24) is 19.6 Å². The largest absolute Gasteiger partial charge is 0.495 e. The summed E-state index contributed by atoms with van der Waals surface area (Å²) in [5, 5.41) is 7.23. The normalized spacial score (nSPS) is 10.8. The van der Waals surface area contributed by atoms with Gasteiger partial charge in [-0.25, -0.2) is 9.50 Å². The molecule has 0 saturated heterocycles. The van der Waals surface area contributed by atoms with E-state index in [9.17, 15) is 4.79 Å². The van der Waals surface area contributed by atoms with Crippen LogP contribution in [0.5, 0.6) is 11.5 Å². The highest BCUT2D eigenvalue weighted by Crippen LogP contribution is 2.36. The number of rotatable bonds is 4. The van der Waals surface area contributed by atoms with Crippen LogP contribution in [-0.4, -0.2) is 39.7 Å². The van der Waals surface area contributed by atoms with E-state index in [2.05, 4.69) is 20.4 Å². The van der Waals surface area contributed by atoms with Crippen molar-refractivity contribution < 1.29 is 14.3 Å². The third-order valence-corrected chi connectivity index (χ3v) is 3.84. The van der Waals surface area contributed by atoms with Gasteiger partial charge in [0, 0.05) is 17.5 Å². The Morgan fingerprint density at radius 1 is 1.12 bits per heavy atom. The van der Waals surface area contributed by atoms with Gasteiger partial charge in [0.15, 0.2) is 0 Å². The van der Waals surface area contributed by atoms with Gasteiger partial charge >= 0.3 is 0 Å². The van der Waals surface area contributed by atoms with Crippen molar-refractivity contribution in [3.05, 3.63) is 40.4 Å². The van der Waals surface area contributed by atoms with Gasteiger partial charge in [0.25, 0.3) is 11.7 Å². The summed E-state index contributed by atoms with van der Waals surface area (Å²) < 4.78 is 11.9. The van der Waals surface area contributed by atoms with Crippen molar-refractivity contribution >= 4 is 29.0 Å². The average molecular weight is 362 g/mol. The first-order valence-corrected chi connectivity index (χ1v) is 7.74.